The molecule has 28 heavy (non-hydrogen) atoms. The van der Waals surface area contributed by atoms with Crippen LogP contribution in [0.15, 0.2) is 41.3 Å². The Hall–Kier alpha value is -2.52. The summed E-state index contributed by atoms with van der Waals surface area (Å²) in [4.78, 5) is 13.5. The van der Waals surface area contributed by atoms with E-state index in [0.717, 1.165) is 24.1 Å². The molecule has 1 unspecified atom stereocenters. The molecule has 0 aliphatic carbocycles. The summed E-state index contributed by atoms with van der Waals surface area (Å²) in [5.74, 6) is -2.05. The van der Waals surface area contributed by atoms with Gasteiger partial charge in [0.2, 0.25) is 0 Å². The molecule has 2 aliphatic rings. The second kappa shape index (κ2) is 7.14. The molecule has 4 rings (SSSR count). The van der Waals surface area contributed by atoms with Crippen LogP contribution < -0.4 is 9.62 Å². The minimum absolute atomic E-state index is 0.146. The summed E-state index contributed by atoms with van der Waals surface area (Å²) in [6.07, 6.45) is 1.67. The van der Waals surface area contributed by atoms with Gasteiger partial charge < -0.3 is 9.64 Å². The molecular weight excluding hydrogens is 390 g/mol. The molecular formula is C19H18F2N2O4S. The number of ether oxygens (including phenoxy) is 1. The number of carbonyl (C=O) groups is 1. The number of anilines is 2. The van der Waals surface area contributed by atoms with Crippen LogP contribution in [0, 0.1) is 11.6 Å². The number of amides is 1. The van der Waals surface area contributed by atoms with E-state index in [1.165, 1.54) is 12.1 Å². The first-order valence-electron chi connectivity index (χ1n) is 8.89. The number of benzene rings is 2. The molecule has 9 heteroatoms. The number of halogens is 2. The van der Waals surface area contributed by atoms with Crippen molar-refractivity contribution in [1.82, 2.24) is 0 Å². The van der Waals surface area contributed by atoms with Crippen LogP contribution in [-0.2, 0) is 26.0 Å². The first kappa shape index (κ1) is 18.8. The van der Waals surface area contributed by atoms with Crippen LogP contribution in [0.3, 0.4) is 0 Å². The van der Waals surface area contributed by atoms with E-state index in [1.54, 1.807) is 11.0 Å². The highest BCUT2D eigenvalue weighted by Gasteiger charge is 2.33. The molecule has 0 aromatic heterocycles. The maximum atomic E-state index is 13.9. The van der Waals surface area contributed by atoms with Crippen molar-refractivity contribution in [2.45, 2.75) is 30.3 Å². The minimum Gasteiger partial charge on any atom is -0.368 e. The maximum Gasteiger partial charge on any atom is 0.264 e. The third-order valence-corrected chi connectivity index (χ3v) is 6.28. The van der Waals surface area contributed by atoms with E-state index in [0.29, 0.717) is 37.7 Å². The lowest BCUT2D eigenvalue weighted by atomic mass is 10.1. The van der Waals surface area contributed by atoms with Gasteiger partial charge in [0.1, 0.15) is 22.6 Å². The summed E-state index contributed by atoms with van der Waals surface area (Å²) in [6, 6.07) is 7.01. The predicted molar refractivity (Wildman–Crippen MR) is 98.6 cm³/mol. The highest BCUT2D eigenvalue weighted by molar-refractivity contribution is 7.92. The molecule has 0 radical (unpaired) electrons. The number of hydrogen-bond donors (Lipinski definition) is 1. The standard InChI is InChI=1S/C19H18F2N2O4S/c20-13-4-6-15(21)18(10-13)28(25,26)22-14-5-3-12-7-8-23(16(12)11-14)19(24)17-2-1-9-27-17/h3-6,10-11,17,22H,1-2,7-9H2. The van der Waals surface area contributed by atoms with Gasteiger partial charge in [0, 0.05) is 18.8 Å². The second-order valence-electron chi connectivity index (χ2n) is 6.77. The van der Waals surface area contributed by atoms with E-state index >= 15 is 0 Å². The van der Waals surface area contributed by atoms with Crippen molar-refractivity contribution in [2.24, 2.45) is 0 Å². The van der Waals surface area contributed by atoms with Crippen LogP contribution in [-0.4, -0.2) is 33.6 Å². The van der Waals surface area contributed by atoms with Gasteiger partial charge in [-0.3, -0.25) is 9.52 Å². The summed E-state index contributed by atoms with van der Waals surface area (Å²) in [6.45, 7) is 1.04. The highest BCUT2D eigenvalue weighted by Crippen LogP contribution is 2.33. The van der Waals surface area contributed by atoms with E-state index in [9.17, 15) is 22.0 Å². The predicted octanol–water partition coefficient (Wildman–Crippen LogP) is 2.83. The highest BCUT2D eigenvalue weighted by atomic mass is 32.2. The molecule has 1 amide bonds. The molecule has 1 saturated heterocycles. The number of carbonyl (C=O) groups excluding carboxylic acids is 1. The average molecular weight is 408 g/mol. The molecule has 0 spiro atoms. The van der Waals surface area contributed by atoms with Crippen molar-refractivity contribution in [2.75, 3.05) is 22.8 Å². The largest absolute Gasteiger partial charge is 0.368 e. The van der Waals surface area contributed by atoms with Crippen LogP contribution >= 0.6 is 0 Å². The van der Waals surface area contributed by atoms with Crippen molar-refractivity contribution in [3.05, 3.63) is 53.6 Å². The van der Waals surface area contributed by atoms with Crippen molar-refractivity contribution in [3.8, 4) is 0 Å². The van der Waals surface area contributed by atoms with Crippen molar-refractivity contribution in [1.29, 1.82) is 0 Å². The number of nitrogens with one attached hydrogen (secondary N) is 1. The Bertz CT molecular complexity index is 1040. The Morgan fingerprint density at radius 3 is 2.75 bits per heavy atom. The molecule has 0 bridgehead atoms. The zero-order valence-corrected chi connectivity index (χ0v) is 15.6. The third-order valence-electron chi connectivity index (χ3n) is 4.89. The van der Waals surface area contributed by atoms with E-state index in [4.69, 9.17) is 4.74 Å². The second-order valence-corrected chi connectivity index (χ2v) is 8.42. The molecule has 0 saturated carbocycles. The average Bonchev–Trinajstić information content (AvgIpc) is 3.32. The van der Waals surface area contributed by atoms with Crippen molar-refractivity contribution < 1.29 is 26.7 Å². The SMILES string of the molecule is O=C(C1CCCO1)N1CCc2ccc(NS(=O)(=O)c3cc(F)ccc3F)cc21. The van der Waals surface area contributed by atoms with Gasteiger partial charge in [0.15, 0.2) is 0 Å². The van der Waals surface area contributed by atoms with E-state index in [-0.39, 0.29) is 11.6 Å². The van der Waals surface area contributed by atoms with Crippen molar-refractivity contribution >= 4 is 27.3 Å². The van der Waals surface area contributed by atoms with Crippen molar-refractivity contribution in [3.63, 3.8) is 0 Å². The van der Waals surface area contributed by atoms with Gasteiger partial charge in [-0.05, 0) is 55.2 Å². The molecule has 1 atom stereocenters. The van der Waals surface area contributed by atoms with Crippen LogP contribution in [0.2, 0.25) is 0 Å². The van der Waals surface area contributed by atoms with Gasteiger partial charge in [-0.1, -0.05) is 6.07 Å². The smallest absolute Gasteiger partial charge is 0.264 e. The number of fused-ring (bicyclic) bond motifs is 1. The molecule has 148 valence electrons. The quantitative estimate of drug-likeness (QED) is 0.844. The summed E-state index contributed by atoms with van der Waals surface area (Å²) < 4.78 is 59.9. The monoisotopic (exact) mass is 408 g/mol. The Balaban J connectivity index is 1.61. The first-order valence-corrected chi connectivity index (χ1v) is 10.4. The molecule has 2 aromatic rings. The zero-order valence-electron chi connectivity index (χ0n) is 14.8. The number of sulfonamides is 1. The van der Waals surface area contributed by atoms with Gasteiger partial charge in [0.05, 0.1) is 5.69 Å². The summed E-state index contributed by atoms with van der Waals surface area (Å²) in [5.41, 5.74) is 1.67. The summed E-state index contributed by atoms with van der Waals surface area (Å²) in [7, 11) is -4.33. The minimum atomic E-state index is -4.33. The van der Waals surface area contributed by atoms with Gasteiger partial charge in [0.25, 0.3) is 15.9 Å². The Kier molecular flexibility index (Phi) is 4.80. The molecule has 1 N–H and O–H groups in total. The van der Waals surface area contributed by atoms with Gasteiger partial charge in [-0.15, -0.1) is 0 Å². The fraction of sp³-hybridized carbons (Fsp3) is 0.316. The fourth-order valence-corrected chi connectivity index (χ4v) is 4.65. The molecule has 2 aliphatic heterocycles. The van der Waals surface area contributed by atoms with Crippen LogP contribution in [0.1, 0.15) is 18.4 Å². The van der Waals surface area contributed by atoms with Crippen LogP contribution in [0.5, 0.6) is 0 Å². The third kappa shape index (κ3) is 3.47. The van der Waals surface area contributed by atoms with Gasteiger partial charge in [-0.25, -0.2) is 17.2 Å². The topological polar surface area (TPSA) is 75.7 Å². The summed E-state index contributed by atoms with van der Waals surface area (Å²) >= 11 is 0. The lowest BCUT2D eigenvalue weighted by Gasteiger charge is -2.21. The molecule has 6 nitrogen and oxygen atoms in total. The zero-order chi connectivity index (χ0) is 19.9. The fourth-order valence-electron chi connectivity index (χ4n) is 3.51. The lowest BCUT2D eigenvalue weighted by Crippen LogP contribution is -2.37. The molecule has 1 fully saturated rings. The van der Waals surface area contributed by atoms with Gasteiger partial charge >= 0.3 is 0 Å². The number of hydrogen-bond acceptors (Lipinski definition) is 4. The number of rotatable bonds is 4. The maximum absolute atomic E-state index is 13.9. The number of nitrogens with zero attached hydrogens (tertiary/aromatic N) is 1. The van der Waals surface area contributed by atoms with Gasteiger partial charge in [-0.2, -0.15) is 0 Å². The van der Waals surface area contributed by atoms with Crippen LogP contribution in [0.4, 0.5) is 20.2 Å². The van der Waals surface area contributed by atoms with E-state index in [1.807, 2.05) is 0 Å². The Labute approximate surface area is 161 Å². The summed E-state index contributed by atoms with van der Waals surface area (Å²) in [5, 5.41) is 0. The molecule has 2 aromatic carbocycles. The lowest BCUT2D eigenvalue weighted by molar-refractivity contribution is -0.127. The Morgan fingerprint density at radius 1 is 1.18 bits per heavy atom. The molecule has 2 heterocycles. The first-order chi connectivity index (χ1) is 13.3. The Morgan fingerprint density at radius 2 is 2.00 bits per heavy atom. The van der Waals surface area contributed by atoms with E-state index < -0.39 is 32.7 Å². The normalized spacial score (nSPS) is 18.9. The van der Waals surface area contributed by atoms with Crippen LogP contribution in [0.25, 0.3) is 0 Å². The van der Waals surface area contributed by atoms with E-state index in [2.05, 4.69) is 4.72 Å².